The average molecular weight is 234 g/mol. The van der Waals surface area contributed by atoms with Crippen molar-refractivity contribution in [1.29, 1.82) is 0 Å². The molecule has 0 aromatic carbocycles. The van der Waals surface area contributed by atoms with Crippen molar-refractivity contribution in [2.45, 2.75) is 0 Å². The maximum atomic E-state index is 8.83. The second kappa shape index (κ2) is 12.8. The topological polar surface area (TPSA) is 93.8 Å². The molecule has 0 fully saturated rings. The molecule has 0 heterocycles. The maximum Gasteiger partial charge on any atom is 0.0558 e. The summed E-state index contributed by atoms with van der Waals surface area (Å²) in [5.41, 5.74) is 5.47. The number of aliphatic hydroxyl groups is 2. The number of hydrogen-bond acceptors (Lipinski definition) is 6. The molecule has 0 spiro atoms. The predicted octanol–water partition coefficient (Wildman–Crippen LogP) is -2.59. The molecule has 0 saturated carbocycles. The lowest BCUT2D eigenvalue weighted by molar-refractivity contribution is 0.199. The Hall–Kier alpha value is -0.240. The Morgan fingerprint density at radius 3 is 2.06 bits per heavy atom. The van der Waals surface area contributed by atoms with Crippen LogP contribution in [0.3, 0.4) is 0 Å². The molecule has 0 aromatic heterocycles. The van der Waals surface area contributed by atoms with E-state index in [9.17, 15) is 0 Å². The summed E-state index contributed by atoms with van der Waals surface area (Å²) in [7, 11) is 0. The summed E-state index contributed by atoms with van der Waals surface area (Å²) < 4.78 is 0. The van der Waals surface area contributed by atoms with Gasteiger partial charge in [0, 0.05) is 52.4 Å². The van der Waals surface area contributed by atoms with Gasteiger partial charge < -0.3 is 26.6 Å². The van der Waals surface area contributed by atoms with Gasteiger partial charge in [-0.1, -0.05) is 0 Å². The minimum atomic E-state index is 0.179. The zero-order chi connectivity index (χ0) is 12.1. The highest BCUT2D eigenvalue weighted by Crippen LogP contribution is 1.84. The van der Waals surface area contributed by atoms with Crippen molar-refractivity contribution in [2.75, 3.05) is 65.6 Å². The van der Waals surface area contributed by atoms with Crippen molar-refractivity contribution in [3.63, 3.8) is 0 Å². The zero-order valence-corrected chi connectivity index (χ0v) is 9.99. The minimum absolute atomic E-state index is 0.179. The molecule has 16 heavy (non-hydrogen) atoms. The van der Waals surface area contributed by atoms with E-state index < -0.39 is 0 Å². The first-order valence-electron chi connectivity index (χ1n) is 5.90. The molecule has 6 N–H and O–H groups in total. The van der Waals surface area contributed by atoms with Gasteiger partial charge in [0.15, 0.2) is 0 Å². The van der Waals surface area contributed by atoms with Crippen LogP contribution in [-0.4, -0.2) is 80.7 Å². The molecule has 0 unspecified atom stereocenters. The van der Waals surface area contributed by atoms with Crippen LogP contribution in [0.15, 0.2) is 0 Å². The summed E-state index contributed by atoms with van der Waals surface area (Å²) >= 11 is 0. The molecule has 0 aliphatic carbocycles. The summed E-state index contributed by atoms with van der Waals surface area (Å²) in [6, 6.07) is 0. The van der Waals surface area contributed by atoms with Crippen molar-refractivity contribution in [1.82, 2.24) is 15.5 Å². The normalized spacial score (nSPS) is 11.2. The number of nitrogens with one attached hydrogen (secondary N) is 2. The fraction of sp³-hybridized carbons (Fsp3) is 1.00. The van der Waals surface area contributed by atoms with E-state index in [4.69, 9.17) is 15.9 Å². The van der Waals surface area contributed by atoms with Gasteiger partial charge in [0.05, 0.1) is 13.2 Å². The van der Waals surface area contributed by atoms with Gasteiger partial charge in [-0.05, 0) is 0 Å². The van der Waals surface area contributed by atoms with Gasteiger partial charge in [-0.3, -0.25) is 4.90 Å². The van der Waals surface area contributed by atoms with Gasteiger partial charge in [0.1, 0.15) is 0 Å². The third-order valence-electron chi connectivity index (χ3n) is 2.23. The van der Waals surface area contributed by atoms with E-state index in [1.165, 1.54) is 0 Å². The van der Waals surface area contributed by atoms with Gasteiger partial charge in [0.2, 0.25) is 0 Å². The summed E-state index contributed by atoms with van der Waals surface area (Å²) in [5.74, 6) is 0. The Bertz CT molecular complexity index is 132. The fourth-order valence-electron chi connectivity index (χ4n) is 1.40. The highest BCUT2D eigenvalue weighted by Gasteiger charge is 2.01. The van der Waals surface area contributed by atoms with Crippen molar-refractivity contribution < 1.29 is 10.2 Å². The average Bonchev–Trinajstić information content (AvgIpc) is 2.28. The van der Waals surface area contributed by atoms with Crippen molar-refractivity contribution in [3.8, 4) is 0 Å². The lowest BCUT2D eigenvalue weighted by atomic mass is 10.4. The third-order valence-corrected chi connectivity index (χ3v) is 2.23. The molecule has 0 atom stereocenters. The van der Waals surface area contributed by atoms with Gasteiger partial charge >= 0.3 is 0 Å². The summed E-state index contributed by atoms with van der Waals surface area (Å²) in [6.07, 6.45) is 0. The number of nitrogens with zero attached hydrogens (tertiary/aromatic N) is 1. The first kappa shape index (κ1) is 15.8. The first-order chi connectivity index (χ1) is 7.85. The number of aliphatic hydroxyl groups excluding tert-OH is 2. The van der Waals surface area contributed by atoms with Crippen molar-refractivity contribution >= 4 is 0 Å². The summed E-state index contributed by atoms with van der Waals surface area (Å²) in [5, 5.41) is 23.7. The smallest absolute Gasteiger partial charge is 0.0558 e. The third kappa shape index (κ3) is 10.3. The van der Waals surface area contributed by atoms with Gasteiger partial charge in [-0.2, -0.15) is 0 Å². The Morgan fingerprint density at radius 1 is 0.812 bits per heavy atom. The van der Waals surface area contributed by atoms with Crippen LogP contribution in [-0.2, 0) is 0 Å². The van der Waals surface area contributed by atoms with Gasteiger partial charge in [-0.15, -0.1) is 0 Å². The molecule has 6 nitrogen and oxygen atoms in total. The largest absolute Gasteiger partial charge is 0.395 e. The summed E-state index contributed by atoms with van der Waals surface area (Å²) in [4.78, 5) is 2.13. The van der Waals surface area contributed by atoms with Crippen LogP contribution in [0.2, 0.25) is 0 Å². The molecule has 0 radical (unpaired) electrons. The molecular weight excluding hydrogens is 208 g/mol. The van der Waals surface area contributed by atoms with Crippen molar-refractivity contribution in [2.24, 2.45) is 5.73 Å². The van der Waals surface area contributed by atoms with Gasteiger partial charge in [-0.25, -0.2) is 0 Å². The molecule has 0 amide bonds. The van der Waals surface area contributed by atoms with Crippen LogP contribution in [0.5, 0.6) is 0 Å². The first-order valence-corrected chi connectivity index (χ1v) is 5.90. The fourth-order valence-corrected chi connectivity index (χ4v) is 1.40. The van der Waals surface area contributed by atoms with E-state index in [1.54, 1.807) is 0 Å². The Morgan fingerprint density at radius 2 is 1.50 bits per heavy atom. The highest BCUT2D eigenvalue weighted by atomic mass is 16.3. The van der Waals surface area contributed by atoms with E-state index in [0.29, 0.717) is 19.6 Å². The lowest BCUT2D eigenvalue weighted by Gasteiger charge is -2.20. The molecule has 0 aromatic rings. The van der Waals surface area contributed by atoms with Crippen LogP contribution in [0.4, 0.5) is 0 Å². The monoisotopic (exact) mass is 234 g/mol. The van der Waals surface area contributed by atoms with E-state index in [-0.39, 0.29) is 13.2 Å². The van der Waals surface area contributed by atoms with Crippen LogP contribution in [0, 0.1) is 0 Å². The highest BCUT2D eigenvalue weighted by molar-refractivity contribution is 4.60. The second-order valence-electron chi connectivity index (χ2n) is 3.58. The zero-order valence-electron chi connectivity index (χ0n) is 9.99. The quantitative estimate of drug-likeness (QED) is 0.238. The number of nitrogens with two attached hydrogens (primary N) is 1. The molecule has 0 rings (SSSR count). The molecule has 0 aliphatic rings. The van der Waals surface area contributed by atoms with Gasteiger partial charge in [0.25, 0.3) is 0 Å². The Balaban J connectivity index is 3.25. The summed E-state index contributed by atoms with van der Waals surface area (Å²) in [6.45, 7) is 6.67. The second-order valence-corrected chi connectivity index (χ2v) is 3.58. The molecular formula is C10H26N4O2. The van der Waals surface area contributed by atoms with E-state index in [2.05, 4.69) is 15.5 Å². The van der Waals surface area contributed by atoms with Crippen LogP contribution in [0.1, 0.15) is 0 Å². The van der Waals surface area contributed by atoms with Crippen molar-refractivity contribution in [3.05, 3.63) is 0 Å². The molecule has 98 valence electrons. The minimum Gasteiger partial charge on any atom is -0.395 e. The SMILES string of the molecule is NCCN(CCO)CCNCCNCCO. The predicted molar refractivity (Wildman–Crippen MR) is 65.4 cm³/mol. The number of hydrogen-bond donors (Lipinski definition) is 5. The number of rotatable bonds is 12. The maximum absolute atomic E-state index is 8.83. The van der Waals surface area contributed by atoms with Crippen LogP contribution >= 0.6 is 0 Å². The lowest BCUT2D eigenvalue weighted by Crippen LogP contribution is -2.39. The molecule has 6 heteroatoms. The standard InChI is InChI=1S/C10H26N4O2/c11-1-6-14(8-10-16)7-4-12-2-3-13-5-9-15/h12-13,15-16H,1-11H2. The van der Waals surface area contributed by atoms with Crippen LogP contribution in [0.25, 0.3) is 0 Å². The molecule has 0 aliphatic heterocycles. The Labute approximate surface area is 97.8 Å². The Kier molecular flexibility index (Phi) is 12.6. The molecule has 0 saturated heterocycles. The van der Waals surface area contributed by atoms with E-state index >= 15 is 0 Å². The molecule has 0 bridgehead atoms. The van der Waals surface area contributed by atoms with E-state index in [1.807, 2.05) is 0 Å². The van der Waals surface area contributed by atoms with E-state index in [0.717, 1.165) is 32.7 Å². The van der Waals surface area contributed by atoms with Crippen LogP contribution < -0.4 is 16.4 Å².